The van der Waals surface area contributed by atoms with Crippen molar-refractivity contribution >= 4 is 34.8 Å². The zero-order chi connectivity index (χ0) is 22.5. The van der Waals surface area contributed by atoms with Crippen molar-refractivity contribution in [2.45, 2.75) is 11.7 Å². The predicted molar refractivity (Wildman–Crippen MR) is 124 cm³/mol. The number of hydrogen-bond donors (Lipinski definition) is 0. The molecule has 3 aromatic carbocycles. The van der Waals surface area contributed by atoms with E-state index in [2.05, 4.69) is 10.2 Å². The number of benzene rings is 3. The van der Waals surface area contributed by atoms with Gasteiger partial charge in [-0.05, 0) is 17.7 Å². The number of nitro benzene ring substituents is 1. The van der Waals surface area contributed by atoms with Crippen molar-refractivity contribution in [3.63, 3.8) is 0 Å². The molecule has 0 saturated heterocycles. The molecule has 4 rings (SSSR count). The van der Waals surface area contributed by atoms with Crippen LogP contribution in [0.1, 0.15) is 15.9 Å². The lowest BCUT2D eigenvalue weighted by molar-refractivity contribution is -0.384. The fourth-order valence-corrected chi connectivity index (χ4v) is 4.20. The van der Waals surface area contributed by atoms with Gasteiger partial charge in [0.15, 0.2) is 16.8 Å². The number of aromatic nitrogens is 3. The van der Waals surface area contributed by atoms with Crippen LogP contribution in [0.2, 0.25) is 5.02 Å². The van der Waals surface area contributed by atoms with E-state index < -0.39 is 4.92 Å². The van der Waals surface area contributed by atoms with Crippen LogP contribution in [-0.4, -0.2) is 31.2 Å². The van der Waals surface area contributed by atoms with Crippen LogP contribution in [0.3, 0.4) is 0 Å². The zero-order valence-corrected chi connectivity index (χ0v) is 18.3. The van der Waals surface area contributed by atoms with E-state index in [1.807, 2.05) is 53.1 Å². The number of Topliss-reactive ketones (excluding diaryl/α,β-unsaturated/α-hetero) is 1. The molecule has 0 unspecified atom stereocenters. The number of halogens is 1. The molecular weight excluding hydrogens is 448 g/mol. The lowest BCUT2D eigenvalue weighted by Crippen LogP contribution is -2.07. The van der Waals surface area contributed by atoms with Gasteiger partial charge < -0.3 is 0 Å². The Morgan fingerprint density at radius 2 is 1.75 bits per heavy atom. The second-order valence-electron chi connectivity index (χ2n) is 6.88. The molecule has 32 heavy (non-hydrogen) atoms. The van der Waals surface area contributed by atoms with E-state index >= 15 is 0 Å². The summed E-state index contributed by atoms with van der Waals surface area (Å²) in [4.78, 5) is 23.1. The first-order valence-electron chi connectivity index (χ1n) is 9.65. The van der Waals surface area contributed by atoms with Crippen LogP contribution in [0.25, 0.3) is 11.4 Å². The molecule has 0 N–H and O–H groups in total. The maximum absolute atomic E-state index is 12.7. The summed E-state index contributed by atoms with van der Waals surface area (Å²) in [5, 5.41) is 20.7. The van der Waals surface area contributed by atoms with E-state index in [0.29, 0.717) is 22.5 Å². The number of rotatable bonds is 8. The summed E-state index contributed by atoms with van der Waals surface area (Å²) in [5.74, 6) is 0.438. The summed E-state index contributed by atoms with van der Waals surface area (Å²) in [5.41, 5.74) is 1.96. The van der Waals surface area contributed by atoms with Crippen molar-refractivity contribution in [3.05, 3.63) is 105 Å². The molecular formula is C23H17ClN4O3S. The van der Waals surface area contributed by atoms with Gasteiger partial charge in [-0.2, -0.15) is 0 Å². The van der Waals surface area contributed by atoms with Crippen molar-refractivity contribution in [2.75, 3.05) is 5.75 Å². The normalized spacial score (nSPS) is 10.8. The molecule has 0 aliphatic rings. The molecule has 0 bridgehead atoms. The second-order valence-corrected chi connectivity index (χ2v) is 8.23. The third kappa shape index (κ3) is 4.87. The highest BCUT2D eigenvalue weighted by atomic mass is 35.5. The van der Waals surface area contributed by atoms with Crippen LogP contribution in [0.4, 0.5) is 5.69 Å². The van der Waals surface area contributed by atoms with Gasteiger partial charge in [0.2, 0.25) is 0 Å². The van der Waals surface area contributed by atoms with Gasteiger partial charge in [0, 0.05) is 23.3 Å². The van der Waals surface area contributed by atoms with Crippen LogP contribution in [0, 0.1) is 10.1 Å². The number of hydrogen-bond acceptors (Lipinski definition) is 6. The Morgan fingerprint density at radius 1 is 1.00 bits per heavy atom. The van der Waals surface area contributed by atoms with Crippen LogP contribution >= 0.6 is 23.4 Å². The summed E-state index contributed by atoms with van der Waals surface area (Å²) < 4.78 is 1.92. The minimum absolute atomic E-state index is 0.0661. The van der Waals surface area contributed by atoms with Gasteiger partial charge in [-0.1, -0.05) is 78.0 Å². The topological polar surface area (TPSA) is 90.9 Å². The van der Waals surface area contributed by atoms with Crippen LogP contribution < -0.4 is 0 Å². The molecule has 0 aliphatic carbocycles. The standard InChI is InChI=1S/C23H17ClN4O3S/c24-20-12-5-4-11-19(20)22-25-26-23(27(22)14-16-7-2-1-3-8-16)32-15-21(29)17-9-6-10-18(13-17)28(30)31/h1-13H,14-15H2. The van der Waals surface area contributed by atoms with Gasteiger partial charge in [0.25, 0.3) is 5.69 Å². The Morgan fingerprint density at radius 3 is 2.50 bits per heavy atom. The summed E-state index contributed by atoms with van der Waals surface area (Å²) in [7, 11) is 0. The highest BCUT2D eigenvalue weighted by Gasteiger charge is 2.19. The first kappa shape index (κ1) is 21.7. The summed E-state index contributed by atoms with van der Waals surface area (Å²) in [6.45, 7) is 0.502. The quantitative estimate of drug-likeness (QED) is 0.147. The van der Waals surface area contributed by atoms with Gasteiger partial charge in [0.05, 0.1) is 22.2 Å². The molecule has 0 spiro atoms. The number of non-ortho nitro benzene ring substituents is 1. The van der Waals surface area contributed by atoms with Crippen LogP contribution in [-0.2, 0) is 6.54 Å². The average Bonchev–Trinajstić information content (AvgIpc) is 3.20. The van der Waals surface area contributed by atoms with Gasteiger partial charge >= 0.3 is 0 Å². The lowest BCUT2D eigenvalue weighted by atomic mass is 10.1. The van der Waals surface area contributed by atoms with E-state index in [1.54, 1.807) is 12.1 Å². The predicted octanol–water partition coefficient (Wildman–Crippen LogP) is 5.53. The Hall–Kier alpha value is -3.49. The fourth-order valence-electron chi connectivity index (χ4n) is 3.15. The molecule has 1 aromatic heterocycles. The number of nitrogens with zero attached hydrogens (tertiary/aromatic N) is 4. The third-order valence-electron chi connectivity index (χ3n) is 4.73. The van der Waals surface area contributed by atoms with Crippen molar-refractivity contribution in [1.82, 2.24) is 14.8 Å². The number of nitro groups is 1. The third-order valence-corrected chi connectivity index (χ3v) is 6.02. The van der Waals surface area contributed by atoms with Gasteiger partial charge in [-0.15, -0.1) is 10.2 Å². The second kappa shape index (κ2) is 9.76. The first-order chi connectivity index (χ1) is 15.5. The molecule has 0 fully saturated rings. The Kier molecular flexibility index (Phi) is 6.63. The van der Waals surface area contributed by atoms with E-state index in [1.165, 1.54) is 30.0 Å². The van der Waals surface area contributed by atoms with Gasteiger partial charge in [0.1, 0.15) is 0 Å². The lowest BCUT2D eigenvalue weighted by Gasteiger charge is -2.11. The minimum atomic E-state index is -0.518. The van der Waals surface area contributed by atoms with E-state index in [0.717, 1.165) is 11.1 Å². The van der Waals surface area contributed by atoms with Crippen molar-refractivity contribution in [2.24, 2.45) is 0 Å². The smallest absolute Gasteiger partial charge is 0.270 e. The maximum atomic E-state index is 12.7. The minimum Gasteiger partial charge on any atom is -0.297 e. The molecule has 1 heterocycles. The van der Waals surface area contributed by atoms with E-state index in [9.17, 15) is 14.9 Å². The highest BCUT2D eigenvalue weighted by molar-refractivity contribution is 7.99. The first-order valence-corrected chi connectivity index (χ1v) is 11.0. The van der Waals surface area contributed by atoms with E-state index in [4.69, 9.17) is 11.6 Å². The average molecular weight is 465 g/mol. The fraction of sp³-hybridized carbons (Fsp3) is 0.0870. The summed E-state index contributed by atoms with van der Waals surface area (Å²) in [6.07, 6.45) is 0. The molecule has 0 saturated carbocycles. The molecule has 0 aliphatic heterocycles. The molecule has 0 radical (unpaired) electrons. The molecule has 7 nitrogen and oxygen atoms in total. The molecule has 0 atom stereocenters. The van der Waals surface area contributed by atoms with Gasteiger partial charge in [-0.3, -0.25) is 19.5 Å². The molecule has 0 amide bonds. The number of thioether (sulfide) groups is 1. The number of carbonyl (C=O) groups excluding carboxylic acids is 1. The molecule has 4 aromatic rings. The maximum Gasteiger partial charge on any atom is 0.270 e. The molecule has 9 heteroatoms. The number of carbonyl (C=O) groups is 1. The molecule has 160 valence electrons. The van der Waals surface area contributed by atoms with Crippen molar-refractivity contribution < 1.29 is 9.72 Å². The van der Waals surface area contributed by atoms with Gasteiger partial charge in [-0.25, -0.2) is 0 Å². The summed E-state index contributed by atoms with van der Waals surface area (Å²) >= 11 is 7.63. The van der Waals surface area contributed by atoms with E-state index in [-0.39, 0.29) is 22.8 Å². The Labute approximate surface area is 193 Å². The monoisotopic (exact) mass is 464 g/mol. The zero-order valence-electron chi connectivity index (χ0n) is 16.7. The largest absolute Gasteiger partial charge is 0.297 e. The number of ketones is 1. The summed E-state index contributed by atoms with van der Waals surface area (Å²) in [6, 6.07) is 22.9. The Balaban J connectivity index is 1.62. The van der Waals surface area contributed by atoms with Crippen molar-refractivity contribution in [3.8, 4) is 11.4 Å². The van der Waals surface area contributed by atoms with Crippen LogP contribution in [0.5, 0.6) is 0 Å². The highest BCUT2D eigenvalue weighted by Crippen LogP contribution is 2.30. The Bertz CT molecular complexity index is 1280. The van der Waals surface area contributed by atoms with Crippen molar-refractivity contribution in [1.29, 1.82) is 0 Å². The SMILES string of the molecule is O=C(CSc1nnc(-c2ccccc2Cl)n1Cc1ccccc1)c1cccc([N+](=O)[O-])c1. The van der Waals surface area contributed by atoms with Crippen LogP contribution in [0.15, 0.2) is 84.0 Å².